The lowest BCUT2D eigenvalue weighted by Crippen LogP contribution is -2.69. The number of rotatable bonds is 6. The van der Waals surface area contributed by atoms with Crippen LogP contribution in [0.3, 0.4) is 0 Å². The Morgan fingerprint density at radius 2 is 0.946 bits per heavy atom. The lowest BCUT2D eigenvalue weighted by Gasteiger charge is -2.38. The van der Waals surface area contributed by atoms with E-state index in [9.17, 15) is 0 Å². The molecule has 0 aromatic heterocycles. The molecule has 0 heterocycles. The second kappa shape index (κ2) is 10.1. The van der Waals surface area contributed by atoms with Crippen LogP contribution in [0.15, 0.2) is 108 Å². The number of hydrogen-bond donors (Lipinski definition) is 0. The summed E-state index contributed by atoms with van der Waals surface area (Å²) >= 11 is 0. The standard InChI is InChI=1S/C36H38Si/c1-25-15-26(2)19-33(18-25)37(34-20-27(3)16-28(4)21-34,35-22-29(5)17-30(6)23-35)36-14-10-13-32(36)24-31-11-8-7-9-12-31/h7-13,15-23H,14,24H2,1-6H3. The summed E-state index contributed by atoms with van der Waals surface area (Å²) in [6.07, 6.45) is 6.81. The van der Waals surface area contributed by atoms with Gasteiger partial charge in [-0.05, 0) is 81.1 Å². The molecule has 0 amide bonds. The minimum atomic E-state index is -2.58. The summed E-state index contributed by atoms with van der Waals surface area (Å²) in [4.78, 5) is 0. The Labute approximate surface area is 224 Å². The van der Waals surface area contributed by atoms with Gasteiger partial charge in [-0.1, -0.05) is 136 Å². The Morgan fingerprint density at radius 3 is 1.35 bits per heavy atom. The van der Waals surface area contributed by atoms with E-state index < -0.39 is 8.07 Å². The van der Waals surface area contributed by atoms with E-state index in [1.165, 1.54) is 60.1 Å². The zero-order chi connectivity index (χ0) is 26.2. The van der Waals surface area contributed by atoms with Crippen LogP contribution in [0.25, 0.3) is 0 Å². The smallest absolute Gasteiger partial charge is 0.0805 e. The topological polar surface area (TPSA) is 0 Å². The number of benzene rings is 4. The Balaban J connectivity index is 1.93. The van der Waals surface area contributed by atoms with Gasteiger partial charge in [0, 0.05) is 0 Å². The molecule has 0 unspecified atom stereocenters. The average Bonchev–Trinajstić information content (AvgIpc) is 3.27. The lowest BCUT2D eigenvalue weighted by atomic mass is 10.1. The van der Waals surface area contributed by atoms with Crippen molar-refractivity contribution in [1.82, 2.24) is 0 Å². The highest BCUT2D eigenvalue weighted by molar-refractivity contribution is 7.16. The Kier molecular flexibility index (Phi) is 6.92. The molecule has 1 aliphatic rings. The van der Waals surface area contributed by atoms with Gasteiger partial charge in [0.05, 0.1) is 0 Å². The van der Waals surface area contributed by atoms with E-state index in [1.807, 2.05) is 0 Å². The van der Waals surface area contributed by atoms with E-state index in [4.69, 9.17) is 0 Å². The maximum atomic E-state index is 2.49. The molecule has 0 N–H and O–H groups in total. The summed E-state index contributed by atoms with van der Waals surface area (Å²) in [7, 11) is -2.58. The molecule has 5 rings (SSSR count). The molecule has 4 aromatic rings. The van der Waals surface area contributed by atoms with Gasteiger partial charge in [0.25, 0.3) is 0 Å². The second-order valence-electron chi connectivity index (χ2n) is 11.2. The Hall–Kier alpha value is -3.42. The maximum absolute atomic E-state index is 2.58. The first-order valence-corrected chi connectivity index (χ1v) is 15.4. The molecule has 0 bridgehead atoms. The highest BCUT2D eigenvalue weighted by atomic mass is 28.3. The van der Waals surface area contributed by atoms with Crippen LogP contribution < -0.4 is 15.6 Å². The molecule has 186 valence electrons. The largest absolute Gasteiger partial charge is 0.176 e. The molecule has 0 nitrogen and oxygen atoms in total. The van der Waals surface area contributed by atoms with Crippen LogP contribution in [0.5, 0.6) is 0 Å². The fourth-order valence-corrected chi connectivity index (χ4v) is 12.3. The van der Waals surface area contributed by atoms with E-state index in [0.717, 1.165) is 12.8 Å². The highest BCUT2D eigenvalue weighted by Gasteiger charge is 2.45. The summed E-state index contributed by atoms with van der Waals surface area (Å²) in [6, 6.07) is 32.8. The van der Waals surface area contributed by atoms with Crippen molar-refractivity contribution < 1.29 is 0 Å². The Bertz CT molecular complexity index is 1330. The molecule has 0 aliphatic heterocycles. The van der Waals surface area contributed by atoms with Crippen LogP contribution in [-0.2, 0) is 6.42 Å². The van der Waals surface area contributed by atoms with E-state index in [0.29, 0.717) is 0 Å². The quantitative estimate of drug-likeness (QED) is 0.197. The molecular weight excluding hydrogens is 460 g/mol. The van der Waals surface area contributed by atoms with Gasteiger partial charge in [-0.15, -0.1) is 0 Å². The van der Waals surface area contributed by atoms with Crippen LogP contribution in [-0.4, -0.2) is 8.07 Å². The van der Waals surface area contributed by atoms with Crippen LogP contribution in [0, 0.1) is 41.5 Å². The third kappa shape index (κ3) is 4.93. The third-order valence-corrected chi connectivity index (χ3v) is 12.6. The van der Waals surface area contributed by atoms with Crippen molar-refractivity contribution in [2.24, 2.45) is 0 Å². The van der Waals surface area contributed by atoms with E-state index in [2.05, 4.69) is 139 Å². The molecule has 0 spiro atoms. The minimum absolute atomic E-state index is 0.974. The van der Waals surface area contributed by atoms with Crippen molar-refractivity contribution in [2.45, 2.75) is 54.4 Å². The van der Waals surface area contributed by atoms with E-state index in [1.54, 1.807) is 5.20 Å². The fraction of sp³-hybridized carbons (Fsp3) is 0.222. The van der Waals surface area contributed by atoms with Gasteiger partial charge >= 0.3 is 0 Å². The van der Waals surface area contributed by atoms with Gasteiger partial charge in [-0.3, -0.25) is 0 Å². The molecule has 0 atom stereocenters. The van der Waals surface area contributed by atoms with Gasteiger partial charge in [0.15, 0.2) is 8.07 Å². The molecular formula is C36H38Si. The highest BCUT2D eigenvalue weighted by Crippen LogP contribution is 2.32. The summed E-state index contributed by atoms with van der Waals surface area (Å²) < 4.78 is 0. The summed E-state index contributed by atoms with van der Waals surface area (Å²) in [5, 5.41) is 6.15. The van der Waals surface area contributed by atoms with Crippen LogP contribution in [0.2, 0.25) is 0 Å². The molecule has 0 saturated carbocycles. The van der Waals surface area contributed by atoms with Crippen molar-refractivity contribution in [3.8, 4) is 0 Å². The molecule has 37 heavy (non-hydrogen) atoms. The number of hydrogen-bond acceptors (Lipinski definition) is 0. The van der Waals surface area contributed by atoms with Crippen molar-refractivity contribution >= 4 is 23.6 Å². The molecule has 1 heteroatoms. The SMILES string of the molecule is Cc1cc(C)cc([Si](C2=C(Cc3ccccc3)C=CC2)(c2cc(C)cc(C)c2)c2cc(C)cc(C)c2)c1. The van der Waals surface area contributed by atoms with Crippen molar-refractivity contribution in [2.75, 3.05) is 0 Å². The first kappa shape index (κ1) is 25.2. The summed E-state index contributed by atoms with van der Waals surface area (Å²) in [5.41, 5.74) is 10.9. The normalized spacial score (nSPS) is 13.5. The minimum Gasteiger partial charge on any atom is -0.0805 e. The summed E-state index contributed by atoms with van der Waals surface area (Å²) in [6.45, 7) is 13.5. The maximum Gasteiger partial charge on any atom is 0.176 e. The van der Waals surface area contributed by atoms with Crippen molar-refractivity contribution in [3.63, 3.8) is 0 Å². The fourth-order valence-electron chi connectivity index (χ4n) is 6.52. The van der Waals surface area contributed by atoms with Gasteiger partial charge in [0.1, 0.15) is 0 Å². The van der Waals surface area contributed by atoms with Crippen LogP contribution >= 0.6 is 0 Å². The van der Waals surface area contributed by atoms with E-state index in [-0.39, 0.29) is 0 Å². The predicted molar refractivity (Wildman–Crippen MR) is 163 cm³/mol. The van der Waals surface area contributed by atoms with Gasteiger partial charge < -0.3 is 0 Å². The number of aryl methyl sites for hydroxylation is 6. The number of allylic oxidation sites excluding steroid dienone is 4. The van der Waals surface area contributed by atoms with Gasteiger partial charge in [-0.25, -0.2) is 0 Å². The van der Waals surface area contributed by atoms with Crippen molar-refractivity contribution in [3.05, 3.63) is 147 Å². The van der Waals surface area contributed by atoms with Gasteiger partial charge in [-0.2, -0.15) is 0 Å². The van der Waals surface area contributed by atoms with Gasteiger partial charge in [0.2, 0.25) is 0 Å². The van der Waals surface area contributed by atoms with Crippen LogP contribution in [0.4, 0.5) is 0 Å². The second-order valence-corrected chi connectivity index (χ2v) is 15.0. The molecule has 1 aliphatic carbocycles. The van der Waals surface area contributed by atoms with Crippen LogP contribution in [0.1, 0.15) is 45.4 Å². The lowest BCUT2D eigenvalue weighted by molar-refractivity contribution is 1.18. The Morgan fingerprint density at radius 1 is 0.541 bits per heavy atom. The average molecular weight is 499 g/mol. The van der Waals surface area contributed by atoms with E-state index >= 15 is 0 Å². The molecule has 0 fully saturated rings. The first-order valence-electron chi connectivity index (χ1n) is 13.4. The molecule has 0 radical (unpaired) electrons. The zero-order valence-electron chi connectivity index (χ0n) is 23.2. The summed E-state index contributed by atoms with van der Waals surface area (Å²) in [5.74, 6) is 0. The zero-order valence-corrected chi connectivity index (χ0v) is 24.2. The molecule has 0 saturated heterocycles. The molecule has 4 aromatic carbocycles. The monoisotopic (exact) mass is 498 g/mol. The first-order chi connectivity index (χ1) is 17.8. The predicted octanol–water partition coefficient (Wildman–Crippen LogP) is 7.05. The van der Waals surface area contributed by atoms with Crippen molar-refractivity contribution in [1.29, 1.82) is 0 Å². The third-order valence-electron chi connectivity index (χ3n) is 7.68.